The molecule has 3 rings (SSSR count). The molecule has 2 fully saturated rings. The standard InChI is InChI=1S/C19H28N2O2.ClH/c1-13(2)23-18-7-5-4-6-14(18)10-19(22)21(3)17-11-15-8-9-16(12-17)20-15;/h4-7,13,15-17,20H,8-12H2,1-3H3;1H. The largest absolute Gasteiger partial charge is 0.491 e. The maximum absolute atomic E-state index is 12.7. The third kappa shape index (κ3) is 4.42. The highest BCUT2D eigenvalue weighted by molar-refractivity contribution is 5.85. The number of ether oxygens (including phenoxy) is 1. The molecule has 2 saturated heterocycles. The molecule has 1 N–H and O–H groups in total. The number of rotatable bonds is 5. The lowest BCUT2D eigenvalue weighted by molar-refractivity contribution is -0.132. The van der Waals surface area contributed by atoms with Gasteiger partial charge in [-0.1, -0.05) is 18.2 Å². The average Bonchev–Trinajstić information content (AvgIpc) is 2.86. The Morgan fingerprint density at radius 2 is 1.88 bits per heavy atom. The Bertz CT molecular complexity index is 552. The lowest BCUT2D eigenvalue weighted by atomic mass is 9.98. The molecule has 1 aromatic carbocycles. The van der Waals surface area contributed by atoms with E-state index in [2.05, 4.69) is 5.32 Å². The van der Waals surface area contributed by atoms with Crippen LogP contribution in [-0.4, -0.2) is 42.1 Å². The molecule has 4 nitrogen and oxygen atoms in total. The van der Waals surface area contributed by atoms with Crippen LogP contribution in [0.2, 0.25) is 0 Å². The number of nitrogens with zero attached hydrogens (tertiary/aromatic N) is 1. The molecule has 134 valence electrons. The first kappa shape index (κ1) is 19.1. The van der Waals surface area contributed by atoms with Gasteiger partial charge in [-0.05, 0) is 45.6 Å². The zero-order valence-corrected chi connectivity index (χ0v) is 15.6. The monoisotopic (exact) mass is 352 g/mol. The van der Waals surface area contributed by atoms with Gasteiger partial charge in [0.1, 0.15) is 5.75 Å². The molecule has 2 heterocycles. The molecule has 1 amide bonds. The number of likely N-dealkylation sites (N-methyl/N-ethyl adjacent to an activating group) is 1. The van der Waals surface area contributed by atoms with Gasteiger partial charge in [0.25, 0.3) is 0 Å². The molecule has 24 heavy (non-hydrogen) atoms. The van der Waals surface area contributed by atoms with E-state index >= 15 is 0 Å². The highest BCUT2D eigenvalue weighted by atomic mass is 35.5. The zero-order chi connectivity index (χ0) is 16.4. The predicted octanol–water partition coefficient (Wildman–Crippen LogP) is 3.18. The molecule has 2 atom stereocenters. The van der Waals surface area contributed by atoms with Crippen molar-refractivity contribution >= 4 is 18.3 Å². The minimum absolute atomic E-state index is 0. The van der Waals surface area contributed by atoms with Crippen molar-refractivity contribution in [3.05, 3.63) is 29.8 Å². The zero-order valence-electron chi connectivity index (χ0n) is 14.8. The van der Waals surface area contributed by atoms with Gasteiger partial charge < -0.3 is 15.0 Å². The van der Waals surface area contributed by atoms with Crippen LogP contribution in [0.5, 0.6) is 5.75 Å². The van der Waals surface area contributed by atoms with Gasteiger partial charge in [-0.3, -0.25) is 4.79 Å². The van der Waals surface area contributed by atoms with E-state index in [9.17, 15) is 4.79 Å². The van der Waals surface area contributed by atoms with Crippen molar-refractivity contribution in [3.63, 3.8) is 0 Å². The summed E-state index contributed by atoms with van der Waals surface area (Å²) in [6.45, 7) is 4.02. The highest BCUT2D eigenvalue weighted by Gasteiger charge is 2.36. The Labute approximate surface area is 151 Å². The van der Waals surface area contributed by atoms with Crippen molar-refractivity contribution in [2.24, 2.45) is 0 Å². The quantitative estimate of drug-likeness (QED) is 0.884. The summed E-state index contributed by atoms with van der Waals surface area (Å²) >= 11 is 0. The summed E-state index contributed by atoms with van der Waals surface area (Å²) in [4.78, 5) is 14.7. The fraction of sp³-hybridized carbons (Fsp3) is 0.632. The van der Waals surface area contributed by atoms with Crippen LogP contribution in [0.1, 0.15) is 45.1 Å². The van der Waals surface area contributed by atoms with Gasteiger partial charge in [0.05, 0.1) is 12.5 Å². The normalized spacial score (nSPS) is 25.2. The molecule has 2 bridgehead atoms. The predicted molar refractivity (Wildman–Crippen MR) is 98.9 cm³/mol. The molecule has 2 aliphatic heterocycles. The summed E-state index contributed by atoms with van der Waals surface area (Å²) in [6.07, 6.45) is 5.22. The molecule has 0 spiro atoms. The lowest BCUT2D eigenvalue weighted by Crippen LogP contribution is -2.49. The van der Waals surface area contributed by atoms with Crippen molar-refractivity contribution in [1.82, 2.24) is 10.2 Å². The van der Waals surface area contributed by atoms with E-state index < -0.39 is 0 Å². The Morgan fingerprint density at radius 3 is 2.50 bits per heavy atom. The molecule has 0 radical (unpaired) electrons. The van der Waals surface area contributed by atoms with Gasteiger partial charge in [-0.25, -0.2) is 0 Å². The summed E-state index contributed by atoms with van der Waals surface area (Å²) in [6, 6.07) is 9.46. The van der Waals surface area contributed by atoms with Gasteiger partial charge in [-0.15, -0.1) is 12.4 Å². The summed E-state index contributed by atoms with van der Waals surface area (Å²) in [5.74, 6) is 1.02. The smallest absolute Gasteiger partial charge is 0.227 e. The number of benzene rings is 1. The van der Waals surface area contributed by atoms with Gasteiger partial charge in [0.2, 0.25) is 5.91 Å². The maximum atomic E-state index is 12.7. The second-order valence-corrected chi connectivity index (χ2v) is 7.22. The lowest BCUT2D eigenvalue weighted by Gasteiger charge is -2.35. The molecule has 5 heteroatoms. The van der Waals surface area contributed by atoms with Gasteiger partial charge in [-0.2, -0.15) is 0 Å². The van der Waals surface area contributed by atoms with E-state index in [1.54, 1.807) is 0 Å². The van der Waals surface area contributed by atoms with Crippen molar-refractivity contribution in [3.8, 4) is 5.75 Å². The third-order valence-corrected chi connectivity index (χ3v) is 5.07. The molecule has 0 saturated carbocycles. The van der Waals surface area contributed by atoms with Crippen LogP contribution in [0.4, 0.5) is 0 Å². The molecule has 1 aromatic rings. The first-order valence-corrected chi connectivity index (χ1v) is 8.79. The second-order valence-electron chi connectivity index (χ2n) is 7.22. The molecular formula is C19H29ClN2O2. The molecule has 2 unspecified atom stereocenters. The number of nitrogens with one attached hydrogen (secondary N) is 1. The van der Waals surface area contributed by atoms with Crippen LogP contribution in [0.3, 0.4) is 0 Å². The number of piperidine rings is 1. The van der Waals surface area contributed by atoms with Gasteiger partial charge in [0, 0.05) is 30.7 Å². The third-order valence-electron chi connectivity index (χ3n) is 5.07. The van der Waals surface area contributed by atoms with E-state index in [0.717, 1.165) is 24.2 Å². The SMILES string of the molecule is CC(C)Oc1ccccc1CC(=O)N(C)C1CC2CCC(C1)N2.Cl. The van der Waals surface area contributed by atoms with E-state index in [4.69, 9.17) is 4.74 Å². The number of fused-ring (bicyclic) bond motifs is 2. The summed E-state index contributed by atoms with van der Waals surface area (Å²) in [5, 5.41) is 3.64. The van der Waals surface area contributed by atoms with Crippen LogP contribution in [0.25, 0.3) is 0 Å². The Hall–Kier alpha value is -1.26. The average molecular weight is 353 g/mol. The Balaban J connectivity index is 0.00000208. The number of carbonyl (C=O) groups is 1. The van der Waals surface area contributed by atoms with Crippen molar-refractivity contribution in [1.29, 1.82) is 0 Å². The number of amides is 1. The van der Waals surface area contributed by atoms with E-state index in [0.29, 0.717) is 24.5 Å². The molecule has 0 aliphatic carbocycles. The van der Waals surface area contributed by atoms with E-state index in [1.807, 2.05) is 50.1 Å². The number of hydrogen-bond acceptors (Lipinski definition) is 3. The van der Waals surface area contributed by atoms with E-state index in [-0.39, 0.29) is 24.4 Å². The first-order valence-electron chi connectivity index (χ1n) is 8.79. The highest BCUT2D eigenvalue weighted by Crippen LogP contribution is 2.30. The van der Waals surface area contributed by atoms with Crippen LogP contribution >= 0.6 is 12.4 Å². The molecule has 0 aromatic heterocycles. The van der Waals surface area contributed by atoms with E-state index in [1.165, 1.54) is 12.8 Å². The summed E-state index contributed by atoms with van der Waals surface area (Å²) in [5.41, 5.74) is 0.981. The Kier molecular flexibility index (Phi) is 6.53. The number of halogens is 1. The Morgan fingerprint density at radius 1 is 1.25 bits per heavy atom. The van der Waals surface area contributed by atoms with Crippen molar-refractivity contribution in [2.45, 2.75) is 70.2 Å². The fourth-order valence-corrected chi connectivity index (χ4v) is 3.85. The van der Waals surface area contributed by atoms with Crippen molar-refractivity contribution in [2.75, 3.05) is 7.05 Å². The summed E-state index contributed by atoms with van der Waals surface area (Å²) < 4.78 is 5.83. The number of hydrogen-bond donors (Lipinski definition) is 1. The van der Waals surface area contributed by atoms with Crippen LogP contribution in [0.15, 0.2) is 24.3 Å². The summed E-state index contributed by atoms with van der Waals surface area (Å²) in [7, 11) is 1.96. The fourth-order valence-electron chi connectivity index (χ4n) is 3.85. The molecule has 2 aliphatic rings. The van der Waals surface area contributed by atoms with Crippen LogP contribution < -0.4 is 10.1 Å². The first-order chi connectivity index (χ1) is 11.0. The van der Waals surface area contributed by atoms with Crippen molar-refractivity contribution < 1.29 is 9.53 Å². The maximum Gasteiger partial charge on any atom is 0.227 e. The minimum Gasteiger partial charge on any atom is -0.491 e. The molecular weight excluding hydrogens is 324 g/mol. The van der Waals surface area contributed by atoms with Crippen LogP contribution in [0, 0.1) is 0 Å². The topological polar surface area (TPSA) is 41.6 Å². The second kappa shape index (κ2) is 8.21. The minimum atomic E-state index is 0. The number of carbonyl (C=O) groups excluding carboxylic acids is 1. The van der Waals surface area contributed by atoms with Gasteiger partial charge in [0.15, 0.2) is 0 Å². The number of para-hydroxylation sites is 1. The van der Waals surface area contributed by atoms with Crippen LogP contribution in [-0.2, 0) is 11.2 Å². The van der Waals surface area contributed by atoms with Gasteiger partial charge >= 0.3 is 0 Å².